The average Bonchev–Trinajstić information content (AvgIpc) is 3.09. The molecule has 0 spiro atoms. The molecule has 2 aromatic rings. The number of H-pyrrole nitrogens is 1. The van der Waals surface area contributed by atoms with Gasteiger partial charge in [-0.2, -0.15) is 0 Å². The van der Waals surface area contributed by atoms with Crippen LogP contribution < -0.4 is 5.32 Å². The highest BCUT2D eigenvalue weighted by atomic mass is 16.5. The van der Waals surface area contributed by atoms with E-state index in [-0.39, 0.29) is 0 Å². The van der Waals surface area contributed by atoms with Crippen LogP contribution in [0.25, 0.3) is 10.9 Å². The van der Waals surface area contributed by atoms with Crippen molar-refractivity contribution in [3.8, 4) is 0 Å². The number of nitrogens with one attached hydrogen (secondary N) is 2. The Morgan fingerprint density at radius 3 is 3.00 bits per heavy atom. The molecule has 1 saturated carbocycles. The lowest BCUT2D eigenvalue weighted by Gasteiger charge is -2.11. The molecule has 1 heterocycles. The van der Waals surface area contributed by atoms with Crippen LogP contribution in [-0.2, 0) is 11.3 Å². The summed E-state index contributed by atoms with van der Waals surface area (Å²) in [5, 5.41) is 4.78. The maximum Gasteiger partial charge on any atom is 0.0594 e. The van der Waals surface area contributed by atoms with Gasteiger partial charge in [-0.3, -0.25) is 0 Å². The molecule has 1 fully saturated rings. The summed E-state index contributed by atoms with van der Waals surface area (Å²) in [5.41, 5.74) is 2.56. The summed E-state index contributed by atoms with van der Waals surface area (Å²) in [6, 6.07) is 8.54. The Balaban J connectivity index is 1.43. The number of hydrogen-bond donors (Lipinski definition) is 2. The molecule has 102 valence electrons. The number of ether oxygens (including phenoxy) is 1. The van der Waals surface area contributed by atoms with Crippen molar-refractivity contribution >= 4 is 10.9 Å². The quantitative estimate of drug-likeness (QED) is 0.781. The zero-order chi connectivity index (χ0) is 12.9. The van der Waals surface area contributed by atoms with Gasteiger partial charge in [0.1, 0.15) is 0 Å². The Labute approximate surface area is 114 Å². The fourth-order valence-corrected chi connectivity index (χ4v) is 2.88. The van der Waals surface area contributed by atoms with E-state index in [9.17, 15) is 0 Å². The van der Waals surface area contributed by atoms with Gasteiger partial charge in [0.05, 0.1) is 12.7 Å². The third kappa shape index (κ3) is 3.17. The number of fused-ring (bicyclic) bond motifs is 1. The first-order chi connectivity index (χ1) is 9.43. The summed E-state index contributed by atoms with van der Waals surface area (Å²) < 4.78 is 5.84. The molecule has 1 aliphatic rings. The van der Waals surface area contributed by atoms with Crippen molar-refractivity contribution in [3.05, 3.63) is 36.0 Å². The van der Waals surface area contributed by atoms with E-state index in [1.165, 1.54) is 42.1 Å². The van der Waals surface area contributed by atoms with Crippen LogP contribution in [-0.4, -0.2) is 24.2 Å². The highest BCUT2D eigenvalue weighted by molar-refractivity contribution is 5.82. The van der Waals surface area contributed by atoms with E-state index in [0.29, 0.717) is 6.10 Å². The standard InChI is InChI=1S/C16H22N2O/c1-2-6-14(5-1)19-11-10-17-12-13-4-3-7-16-15(13)8-9-18-16/h3-4,7-9,14,17-18H,1-2,5-6,10-12H2. The van der Waals surface area contributed by atoms with Crippen LogP contribution in [0.2, 0.25) is 0 Å². The first-order valence-electron chi connectivity index (χ1n) is 7.31. The van der Waals surface area contributed by atoms with E-state index in [4.69, 9.17) is 4.74 Å². The maximum atomic E-state index is 5.84. The van der Waals surface area contributed by atoms with Gasteiger partial charge in [0, 0.05) is 30.2 Å². The predicted octanol–water partition coefficient (Wildman–Crippen LogP) is 3.22. The Morgan fingerprint density at radius 1 is 1.21 bits per heavy atom. The first kappa shape index (κ1) is 12.7. The third-order valence-corrected chi connectivity index (χ3v) is 3.94. The topological polar surface area (TPSA) is 37.0 Å². The van der Waals surface area contributed by atoms with Crippen LogP contribution in [0.15, 0.2) is 30.5 Å². The zero-order valence-corrected chi connectivity index (χ0v) is 11.3. The molecule has 0 radical (unpaired) electrons. The second kappa shape index (κ2) is 6.22. The monoisotopic (exact) mass is 258 g/mol. The molecule has 0 saturated heterocycles. The SMILES string of the molecule is c1cc(CNCCOC2CCCC2)c2cc[nH]c2c1. The molecule has 1 aromatic carbocycles. The second-order valence-corrected chi connectivity index (χ2v) is 5.31. The number of rotatable bonds is 6. The molecule has 0 bridgehead atoms. The molecule has 1 aliphatic carbocycles. The smallest absolute Gasteiger partial charge is 0.0594 e. The first-order valence-corrected chi connectivity index (χ1v) is 7.31. The molecule has 2 N–H and O–H groups in total. The van der Waals surface area contributed by atoms with Gasteiger partial charge in [0.15, 0.2) is 0 Å². The lowest BCUT2D eigenvalue weighted by atomic mass is 10.1. The molecular weight excluding hydrogens is 236 g/mol. The van der Waals surface area contributed by atoms with Gasteiger partial charge in [-0.15, -0.1) is 0 Å². The highest BCUT2D eigenvalue weighted by Crippen LogP contribution is 2.20. The van der Waals surface area contributed by atoms with Crippen molar-refractivity contribution < 1.29 is 4.74 Å². The van der Waals surface area contributed by atoms with Crippen molar-refractivity contribution in [1.29, 1.82) is 0 Å². The predicted molar refractivity (Wildman–Crippen MR) is 78.2 cm³/mol. The van der Waals surface area contributed by atoms with Crippen molar-refractivity contribution in [3.63, 3.8) is 0 Å². The summed E-state index contributed by atoms with van der Waals surface area (Å²) in [7, 11) is 0. The highest BCUT2D eigenvalue weighted by Gasteiger charge is 2.14. The van der Waals surface area contributed by atoms with Gasteiger partial charge in [0.2, 0.25) is 0 Å². The van der Waals surface area contributed by atoms with Crippen LogP contribution in [0.1, 0.15) is 31.2 Å². The lowest BCUT2D eigenvalue weighted by molar-refractivity contribution is 0.0603. The van der Waals surface area contributed by atoms with Gasteiger partial charge in [0.25, 0.3) is 0 Å². The molecule has 3 nitrogen and oxygen atoms in total. The van der Waals surface area contributed by atoms with E-state index >= 15 is 0 Å². The Bertz CT molecular complexity index is 514. The maximum absolute atomic E-state index is 5.84. The fraction of sp³-hybridized carbons (Fsp3) is 0.500. The van der Waals surface area contributed by atoms with E-state index in [2.05, 4.69) is 34.6 Å². The minimum atomic E-state index is 0.523. The molecular formula is C16H22N2O. The number of benzene rings is 1. The summed E-state index contributed by atoms with van der Waals surface area (Å²) in [4.78, 5) is 3.25. The second-order valence-electron chi connectivity index (χ2n) is 5.31. The summed E-state index contributed by atoms with van der Waals surface area (Å²) in [6.45, 7) is 2.66. The van der Waals surface area contributed by atoms with E-state index in [1.807, 2.05) is 6.20 Å². The summed E-state index contributed by atoms with van der Waals surface area (Å²) in [5.74, 6) is 0. The van der Waals surface area contributed by atoms with Crippen molar-refractivity contribution in [2.75, 3.05) is 13.2 Å². The van der Waals surface area contributed by atoms with Gasteiger partial charge >= 0.3 is 0 Å². The Kier molecular flexibility index (Phi) is 4.16. The molecule has 3 rings (SSSR count). The Morgan fingerprint density at radius 2 is 2.11 bits per heavy atom. The number of hydrogen-bond acceptors (Lipinski definition) is 2. The fourth-order valence-electron chi connectivity index (χ4n) is 2.88. The minimum absolute atomic E-state index is 0.523. The van der Waals surface area contributed by atoms with Crippen molar-refractivity contribution in [2.45, 2.75) is 38.3 Å². The molecule has 1 aromatic heterocycles. The van der Waals surface area contributed by atoms with E-state index in [0.717, 1.165) is 19.7 Å². The zero-order valence-electron chi connectivity index (χ0n) is 11.3. The lowest BCUT2D eigenvalue weighted by Crippen LogP contribution is -2.21. The molecule has 0 aliphatic heterocycles. The van der Waals surface area contributed by atoms with Gasteiger partial charge in [-0.1, -0.05) is 25.0 Å². The molecule has 3 heteroatoms. The van der Waals surface area contributed by atoms with Crippen molar-refractivity contribution in [1.82, 2.24) is 10.3 Å². The van der Waals surface area contributed by atoms with Gasteiger partial charge in [-0.05, 0) is 30.5 Å². The largest absolute Gasteiger partial charge is 0.377 e. The molecule has 0 atom stereocenters. The van der Waals surface area contributed by atoms with Crippen LogP contribution in [0.3, 0.4) is 0 Å². The van der Waals surface area contributed by atoms with Crippen LogP contribution in [0, 0.1) is 0 Å². The molecule has 0 unspecified atom stereocenters. The summed E-state index contributed by atoms with van der Waals surface area (Å²) in [6.07, 6.45) is 7.71. The average molecular weight is 258 g/mol. The van der Waals surface area contributed by atoms with E-state index < -0.39 is 0 Å². The molecule has 0 amide bonds. The van der Waals surface area contributed by atoms with Crippen LogP contribution in [0.5, 0.6) is 0 Å². The molecule has 19 heavy (non-hydrogen) atoms. The minimum Gasteiger partial charge on any atom is -0.377 e. The third-order valence-electron chi connectivity index (χ3n) is 3.94. The van der Waals surface area contributed by atoms with E-state index in [1.54, 1.807) is 0 Å². The normalized spacial score (nSPS) is 16.4. The number of aromatic amines is 1. The Hall–Kier alpha value is -1.32. The van der Waals surface area contributed by atoms with Gasteiger partial charge in [-0.25, -0.2) is 0 Å². The van der Waals surface area contributed by atoms with Crippen molar-refractivity contribution in [2.24, 2.45) is 0 Å². The number of aromatic nitrogens is 1. The van der Waals surface area contributed by atoms with Crippen LogP contribution in [0.4, 0.5) is 0 Å². The van der Waals surface area contributed by atoms with Gasteiger partial charge < -0.3 is 15.0 Å². The van der Waals surface area contributed by atoms with Crippen LogP contribution >= 0.6 is 0 Å². The summed E-state index contributed by atoms with van der Waals surface area (Å²) >= 11 is 0.